The molecule has 19 heavy (non-hydrogen) atoms. The highest BCUT2D eigenvalue weighted by atomic mass is 35.5. The molecule has 0 unspecified atom stereocenters. The predicted octanol–water partition coefficient (Wildman–Crippen LogP) is 2.77. The van der Waals surface area contributed by atoms with Crippen molar-refractivity contribution in [1.29, 1.82) is 0 Å². The zero-order valence-electron chi connectivity index (χ0n) is 9.47. The summed E-state index contributed by atoms with van der Waals surface area (Å²) >= 11 is 11.5. The van der Waals surface area contributed by atoms with Gasteiger partial charge in [-0.25, -0.2) is 13.4 Å². The Bertz CT molecular complexity index is 682. The van der Waals surface area contributed by atoms with E-state index in [0.717, 1.165) is 0 Å². The minimum atomic E-state index is -3.88. The molecule has 0 aliphatic carbocycles. The van der Waals surface area contributed by atoms with Crippen LogP contribution in [0.2, 0.25) is 10.2 Å². The zero-order chi connectivity index (χ0) is 14.0. The number of pyridine rings is 1. The van der Waals surface area contributed by atoms with Gasteiger partial charge in [0, 0.05) is 0 Å². The van der Waals surface area contributed by atoms with Crippen LogP contribution in [0, 0.1) is 0 Å². The van der Waals surface area contributed by atoms with Gasteiger partial charge in [-0.15, -0.1) is 0 Å². The van der Waals surface area contributed by atoms with Crippen molar-refractivity contribution in [2.24, 2.45) is 0 Å². The Kier molecular flexibility index (Phi) is 3.84. The molecule has 0 amide bonds. The van der Waals surface area contributed by atoms with Gasteiger partial charge in [-0.1, -0.05) is 29.3 Å². The van der Waals surface area contributed by atoms with Crippen LogP contribution >= 0.6 is 23.2 Å². The summed E-state index contributed by atoms with van der Waals surface area (Å²) in [5.41, 5.74) is 5.98. The van der Waals surface area contributed by atoms with Crippen molar-refractivity contribution >= 4 is 44.6 Å². The second-order valence-corrected chi connectivity index (χ2v) is 6.05. The first-order valence-electron chi connectivity index (χ1n) is 5.08. The first-order valence-corrected chi connectivity index (χ1v) is 7.32. The molecule has 0 aliphatic rings. The lowest BCUT2D eigenvalue weighted by atomic mass is 10.3. The molecule has 0 spiro atoms. The summed E-state index contributed by atoms with van der Waals surface area (Å²) in [5.74, 6) is 0. The van der Waals surface area contributed by atoms with E-state index < -0.39 is 10.0 Å². The maximum absolute atomic E-state index is 12.2. The summed E-state index contributed by atoms with van der Waals surface area (Å²) in [5, 5.41) is 0.314. The lowest BCUT2D eigenvalue weighted by molar-refractivity contribution is 0.601. The average Bonchev–Trinajstić information content (AvgIpc) is 2.31. The molecule has 0 atom stereocenters. The molecule has 100 valence electrons. The summed E-state index contributed by atoms with van der Waals surface area (Å²) in [7, 11) is -3.88. The molecule has 0 fully saturated rings. The summed E-state index contributed by atoms with van der Waals surface area (Å²) in [6.07, 6.45) is 1.30. The number of nitrogens with one attached hydrogen (secondary N) is 1. The number of hydrogen-bond donors (Lipinski definition) is 2. The predicted molar refractivity (Wildman–Crippen MR) is 75.9 cm³/mol. The molecule has 2 aromatic rings. The van der Waals surface area contributed by atoms with Crippen molar-refractivity contribution in [1.82, 2.24) is 4.98 Å². The SMILES string of the molecule is Nc1cccc(Cl)c1S(=O)(=O)Nc1ccc(Cl)nc1. The van der Waals surface area contributed by atoms with Crippen LogP contribution in [0.25, 0.3) is 0 Å². The third-order valence-electron chi connectivity index (χ3n) is 2.25. The van der Waals surface area contributed by atoms with E-state index in [4.69, 9.17) is 28.9 Å². The van der Waals surface area contributed by atoms with Crippen molar-refractivity contribution < 1.29 is 8.42 Å². The fourth-order valence-corrected chi connectivity index (χ4v) is 3.29. The first-order chi connectivity index (χ1) is 8.90. The molecule has 5 nitrogen and oxygen atoms in total. The summed E-state index contributed by atoms with van der Waals surface area (Å²) < 4.78 is 26.7. The van der Waals surface area contributed by atoms with Gasteiger partial charge in [0.1, 0.15) is 10.0 Å². The van der Waals surface area contributed by atoms with Crippen LogP contribution in [0.3, 0.4) is 0 Å². The molecular formula is C11H9Cl2N3O2S. The summed E-state index contributed by atoms with van der Waals surface area (Å²) in [6, 6.07) is 7.43. The topological polar surface area (TPSA) is 85.1 Å². The zero-order valence-corrected chi connectivity index (χ0v) is 11.8. The number of rotatable bonds is 3. The van der Waals surface area contributed by atoms with E-state index in [0.29, 0.717) is 0 Å². The fraction of sp³-hybridized carbons (Fsp3) is 0. The van der Waals surface area contributed by atoms with Crippen molar-refractivity contribution in [2.75, 3.05) is 10.5 Å². The summed E-state index contributed by atoms with van der Waals surface area (Å²) in [4.78, 5) is 3.62. The molecule has 8 heteroatoms. The third-order valence-corrected chi connectivity index (χ3v) is 4.39. The normalized spacial score (nSPS) is 11.3. The Labute approximate surface area is 120 Å². The molecule has 1 heterocycles. The number of hydrogen-bond acceptors (Lipinski definition) is 4. The molecule has 0 saturated heterocycles. The minimum absolute atomic E-state index is 0.0504. The van der Waals surface area contributed by atoms with Crippen molar-refractivity contribution in [3.63, 3.8) is 0 Å². The van der Waals surface area contributed by atoms with Gasteiger partial charge in [0.2, 0.25) is 0 Å². The Morgan fingerprint density at radius 3 is 2.47 bits per heavy atom. The summed E-state index contributed by atoms with van der Waals surface area (Å²) in [6.45, 7) is 0. The van der Waals surface area contributed by atoms with Crippen LogP contribution in [0.1, 0.15) is 0 Å². The smallest absolute Gasteiger partial charge is 0.265 e. The van der Waals surface area contributed by atoms with E-state index in [1.165, 1.54) is 30.5 Å². The van der Waals surface area contributed by atoms with Crippen LogP contribution in [0.5, 0.6) is 0 Å². The largest absolute Gasteiger partial charge is 0.398 e. The van der Waals surface area contributed by atoms with Gasteiger partial charge in [-0.2, -0.15) is 0 Å². The van der Waals surface area contributed by atoms with Crippen LogP contribution in [0.4, 0.5) is 11.4 Å². The number of aromatic nitrogens is 1. The van der Waals surface area contributed by atoms with Gasteiger partial charge in [0.25, 0.3) is 10.0 Å². The van der Waals surface area contributed by atoms with Crippen LogP contribution in [-0.4, -0.2) is 13.4 Å². The van der Waals surface area contributed by atoms with E-state index in [1.807, 2.05) is 0 Å². The van der Waals surface area contributed by atoms with Crippen molar-refractivity contribution in [2.45, 2.75) is 4.90 Å². The van der Waals surface area contributed by atoms with Gasteiger partial charge >= 0.3 is 0 Å². The Morgan fingerprint density at radius 2 is 1.89 bits per heavy atom. The number of nitrogens with two attached hydrogens (primary N) is 1. The van der Waals surface area contributed by atoms with Crippen LogP contribution < -0.4 is 10.5 Å². The van der Waals surface area contributed by atoms with Gasteiger partial charge in [-0.05, 0) is 24.3 Å². The average molecular weight is 318 g/mol. The second kappa shape index (κ2) is 5.24. The molecule has 3 N–H and O–H groups in total. The maximum Gasteiger partial charge on any atom is 0.265 e. The van der Waals surface area contributed by atoms with Gasteiger partial charge in [0.15, 0.2) is 0 Å². The number of halogens is 2. The molecule has 0 bridgehead atoms. The van der Waals surface area contributed by atoms with Crippen molar-refractivity contribution in [3.05, 3.63) is 46.7 Å². The molecule has 2 rings (SSSR count). The van der Waals surface area contributed by atoms with Crippen molar-refractivity contribution in [3.8, 4) is 0 Å². The number of nitrogen functional groups attached to an aromatic ring is 1. The maximum atomic E-state index is 12.2. The molecule has 0 saturated carbocycles. The van der Waals surface area contributed by atoms with Crippen LogP contribution in [-0.2, 0) is 10.0 Å². The number of anilines is 2. The third kappa shape index (κ3) is 3.09. The Balaban J connectivity index is 2.41. The Morgan fingerprint density at radius 1 is 1.16 bits per heavy atom. The van der Waals surface area contributed by atoms with Gasteiger partial charge in [-0.3, -0.25) is 4.72 Å². The second-order valence-electron chi connectivity index (χ2n) is 3.63. The monoisotopic (exact) mass is 317 g/mol. The number of nitrogens with zero attached hydrogens (tertiary/aromatic N) is 1. The lowest BCUT2D eigenvalue weighted by Gasteiger charge is -2.11. The van der Waals surface area contributed by atoms with Gasteiger partial charge in [0.05, 0.1) is 22.6 Å². The molecule has 0 aliphatic heterocycles. The Hall–Kier alpha value is -1.50. The van der Waals surface area contributed by atoms with E-state index >= 15 is 0 Å². The van der Waals surface area contributed by atoms with Gasteiger partial charge < -0.3 is 5.73 Å². The fourth-order valence-electron chi connectivity index (χ4n) is 1.45. The van der Waals surface area contributed by atoms with E-state index in [9.17, 15) is 8.42 Å². The number of sulfonamides is 1. The van der Waals surface area contributed by atoms with E-state index in [1.54, 1.807) is 6.07 Å². The molecule has 1 aromatic carbocycles. The quantitative estimate of drug-likeness (QED) is 0.673. The standard InChI is InChI=1S/C11H9Cl2N3O2S/c12-8-2-1-3-9(14)11(8)19(17,18)16-7-4-5-10(13)15-6-7/h1-6,16H,14H2. The molecular weight excluding hydrogens is 309 g/mol. The molecule has 1 aromatic heterocycles. The lowest BCUT2D eigenvalue weighted by Crippen LogP contribution is -2.15. The highest BCUT2D eigenvalue weighted by Gasteiger charge is 2.21. The van der Waals surface area contributed by atoms with E-state index in [-0.39, 0.29) is 26.4 Å². The first kappa shape index (κ1) is 13.9. The highest BCUT2D eigenvalue weighted by molar-refractivity contribution is 7.93. The highest BCUT2D eigenvalue weighted by Crippen LogP contribution is 2.28. The minimum Gasteiger partial charge on any atom is -0.398 e. The number of benzene rings is 1. The molecule has 0 radical (unpaired) electrons. The van der Waals surface area contributed by atoms with Crippen LogP contribution in [0.15, 0.2) is 41.4 Å². The van der Waals surface area contributed by atoms with E-state index in [2.05, 4.69) is 9.71 Å².